The summed E-state index contributed by atoms with van der Waals surface area (Å²) in [6.45, 7) is 2.03. The van der Waals surface area contributed by atoms with Gasteiger partial charge in [0.05, 0.1) is 3.57 Å². The molecule has 0 bridgehead atoms. The summed E-state index contributed by atoms with van der Waals surface area (Å²) in [6, 6.07) is 3.79. The molecule has 2 heterocycles. The molecule has 2 aromatic heterocycles. The van der Waals surface area contributed by atoms with Crippen molar-refractivity contribution in [1.29, 1.82) is 0 Å². The van der Waals surface area contributed by atoms with E-state index in [9.17, 15) is 0 Å². The van der Waals surface area contributed by atoms with E-state index in [0.29, 0.717) is 17.4 Å². The van der Waals surface area contributed by atoms with E-state index in [-0.39, 0.29) is 0 Å². The molecule has 0 fully saturated rings. The Balaban J connectivity index is 2.40. The summed E-state index contributed by atoms with van der Waals surface area (Å²) in [5.41, 5.74) is 5.70. The van der Waals surface area contributed by atoms with Gasteiger partial charge in [0.2, 0.25) is 0 Å². The summed E-state index contributed by atoms with van der Waals surface area (Å²) in [5.74, 6) is 2.60. The molecule has 15 heavy (non-hydrogen) atoms. The molecule has 4 nitrogen and oxygen atoms in total. The van der Waals surface area contributed by atoms with Gasteiger partial charge in [-0.15, -0.1) is 0 Å². The molecule has 0 atom stereocenters. The van der Waals surface area contributed by atoms with Crippen LogP contribution in [0.25, 0.3) is 11.6 Å². The van der Waals surface area contributed by atoms with E-state index in [1.807, 2.05) is 19.1 Å². The Hall–Kier alpha value is -1.11. The molecule has 0 radical (unpaired) electrons. The monoisotopic (exact) mass is 315 g/mol. The van der Waals surface area contributed by atoms with Crippen molar-refractivity contribution >= 4 is 28.4 Å². The van der Waals surface area contributed by atoms with Crippen LogP contribution in [0.2, 0.25) is 0 Å². The topological polar surface area (TPSA) is 64.9 Å². The summed E-state index contributed by atoms with van der Waals surface area (Å²) in [4.78, 5) is 8.32. The van der Waals surface area contributed by atoms with Crippen LogP contribution in [-0.4, -0.2) is 9.97 Å². The van der Waals surface area contributed by atoms with Crippen molar-refractivity contribution < 1.29 is 4.42 Å². The van der Waals surface area contributed by atoms with Crippen LogP contribution in [0.15, 0.2) is 22.7 Å². The SMILES string of the molecule is CCc1ccc(-c2ncc(I)c(N)n2)o1. The Labute approximate surface area is 101 Å². The Morgan fingerprint density at radius 1 is 1.47 bits per heavy atom. The molecule has 0 aliphatic rings. The van der Waals surface area contributed by atoms with Crippen molar-refractivity contribution in [3.63, 3.8) is 0 Å². The van der Waals surface area contributed by atoms with Gasteiger partial charge in [0, 0.05) is 12.6 Å². The van der Waals surface area contributed by atoms with Crippen molar-refractivity contribution in [2.75, 3.05) is 5.73 Å². The maximum Gasteiger partial charge on any atom is 0.197 e. The average molecular weight is 315 g/mol. The number of nitrogens with two attached hydrogens (primary N) is 1. The lowest BCUT2D eigenvalue weighted by molar-refractivity contribution is 0.525. The van der Waals surface area contributed by atoms with E-state index < -0.39 is 0 Å². The molecule has 5 heteroatoms. The fourth-order valence-corrected chi connectivity index (χ4v) is 1.45. The predicted molar refractivity (Wildman–Crippen MR) is 66.2 cm³/mol. The molecule has 0 saturated carbocycles. The lowest BCUT2D eigenvalue weighted by Crippen LogP contribution is -1.97. The first-order chi connectivity index (χ1) is 7.20. The number of aromatic nitrogens is 2. The number of aryl methyl sites for hydroxylation is 1. The Bertz CT molecular complexity index is 481. The smallest absolute Gasteiger partial charge is 0.197 e. The zero-order valence-electron chi connectivity index (χ0n) is 8.20. The molecule has 0 aliphatic heterocycles. The van der Waals surface area contributed by atoms with Gasteiger partial charge in [0.25, 0.3) is 0 Å². The third kappa shape index (κ3) is 2.11. The first-order valence-electron chi connectivity index (χ1n) is 4.57. The molecule has 2 rings (SSSR count). The van der Waals surface area contributed by atoms with Gasteiger partial charge in [-0.3, -0.25) is 0 Å². The van der Waals surface area contributed by atoms with Gasteiger partial charge in [-0.2, -0.15) is 0 Å². The summed E-state index contributed by atoms with van der Waals surface area (Å²) in [6.07, 6.45) is 2.55. The molecule has 0 spiro atoms. The summed E-state index contributed by atoms with van der Waals surface area (Å²) >= 11 is 2.09. The van der Waals surface area contributed by atoms with E-state index in [2.05, 4.69) is 32.6 Å². The lowest BCUT2D eigenvalue weighted by atomic mass is 10.3. The van der Waals surface area contributed by atoms with Crippen molar-refractivity contribution in [2.45, 2.75) is 13.3 Å². The van der Waals surface area contributed by atoms with Gasteiger partial charge in [-0.05, 0) is 34.7 Å². The van der Waals surface area contributed by atoms with Crippen LogP contribution in [0.3, 0.4) is 0 Å². The van der Waals surface area contributed by atoms with Gasteiger partial charge in [-0.25, -0.2) is 9.97 Å². The minimum atomic E-state index is 0.482. The molecule has 0 aliphatic carbocycles. The molecule has 0 amide bonds. The second-order valence-corrected chi connectivity index (χ2v) is 4.21. The fraction of sp³-hybridized carbons (Fsp3) is 0.200. The van der Waals surface area contributed by atoms with Gasteiger partial charge >= 0.3 is 0 Å². The van der Waals surface area contributed by atoms with Crippen LogP contribution in [0, 0.1) is 3.57 Å². The first kappa shape index (κ1) is 10.4. The Morgan fingerprint density at radius 2 is 2.27 bits per heavy atom. The summed E-state index contributed by atoms with van der Waals surface area (Å²) in [7, 11) is 0. The molecule has 2 N–H and O–H groups in total. The number of hydrogen-bond acceptors (Lipinski definition) is 4. The third-order valence-corrected chi connectivity index (χ3v) is 2.83. The highest BCUT2D eigenvalue weighted by molar-refractivity contribution is 14.1. The van der Waals surface area contributed by atoms with Crippen molar-refractivity contribution in [1.82, 2.24) is 9.97 Å². The largest absolute Gasteiger partial charge is 0.458 e. The average Bonchev–Trinajstić information content (AvgIpc) is 2.70. The lowest BCUT2D eigenvalue weighted by Gasteiger charge is -1.99. The minimum Gasteiger partial charge on any atom is -0.458 e. The number of furan rings is 1. The Morgan fingerprint density at radius 3 is 2.87 bits per heavy atom. The molecule has 0 aromatic carbocycles. The highest BCUT2D eigenvalue weighted by Crippen LogP contribution is 2.21. The predicted octanol–water partition coefficient (Wildman–Crippen LogP) is 2.49. The highest BCUT2D eigenvalue weighted by Gasteiger charge is 2.08. The molecule has 0 saturated heterocycles. The quantitative estimate of drug-likeness (QED) is 0.865. The van der Waals surface area contributed by atoms with Crippen molar-refractivity contribution in [3.05, 3.63) is 27.7 Å². The molecular formula is C10H10IN3O. The van der Waals surface area contributed by atoms with Gasteiger partial charge in [-0.1, -0.05) is 6.92 Å². The molecule has 0 unspecified atom stereocenters. The zero-order valence-corrected chi connectivity index (χ0v) is 10.4. The maximum absolute atomic E-state index is 5.70. The normalized spacial score (nSPS) is 10.5. The number of rotatable bonds is 2. The molecule has 78 valence electrons. The van der Waals surface area contributed by atoms with Gasteiger partial charge in [0.1, 0.15) is 11.6 Å². The third-order valence-electron chi connectivity index (χ3n) is 2.00. The van der Waals surface area contributed by atoms with Crippen LogP contribution >= 0.6 is 22.6 Å². The second kappa shape index (κ2) is 4.18. The van der Waals surface area contributed by atoms with Crippen molar-refractivity contribution in [2.24, 2.45) is 0 Å². The number of anilines is 1. The fourth-order valence-electron chi connectivity index (χ4n) is 1.19. The summed E-state index contributed by atoms with van der Waals surface area (Å²) < 4.78 is 6.38. The summed E-state index contributed by atoms with van der Waals surface area (Å²) in [5, 5.41) is 0. The van der Waals surface area contributed by atoms with E-state index in [0.717, 1.165) is 15.8 Å². The van der Waals surface area contributed by atoms with Crippen molar-refractivity contribution in [3.8, 4) is 11.6 Å². The highest BCUT2D eigenvalue weighted by atomic mass is 127. The van der Waals surface area contributed by atoms with E-state index >= 15 is 0 Å². The number of halogens is 1. The maximum atomic E-state index is 5.70. The van der Waals surface area contributed by atoms with E-state index in [1.165, 1.54) is 0 Å². The molecular weight excluding hydrogens is 305 g/mol. The van der Waals surface area contributed by atoms with E-state index in [1.54, 1.807) is 6.20 Å². The standard InChI is InChI=1S/C10H10IN3O/c1-2-6-3-4-8(15-6)10-13-5-7(11)9(12)14-10/h3-5H,2H2,1H3,(H2,12,13,14). The van der Waals surface area contributed by atoms with Crippen LogP contribution in [0.5, 0.6) is 0 Å². The molecule has 2 aromatic rings. The van der Waals surface area contributed by atoms with Gasteiger partial charge < -0.3 is 10.2 Å². The van der Waals surface area contributed by atoms with Crippen LogP contribution in [-0.2, 0) is 6.42 Å². The Kier molecular flexibility index (Phi) is 2.90. The minimum absolute atomic E-state index is 0.482. The second-order valence-electron chi connectivity index (χ2n) is 3.05. The van der Waals surface area contributed by atoms with Crippen LogP contribution in [0.1, 0.15) is 12.7 Å². The number of nitrogen functional groups attached to an aromatic ring is 1. The van der Waals surface area contributed by atoms with Gasteiger partial charge in [0.15, 0.2) is 11.6 Å². The van der Waals surface area contributed by atoms with E-state index in [4.69, 9.17) is 10.2 Å². The number of hydrogen-bond donors (Lipinski definition) is 1. The number of nitrogens with zero attached hydrogens (tertiary/aromatic N) is 2. The zero-order chi connectivity index (χ0) is 10.8. The van der Waals surface area contributed by atoms with Crippen LogP contribution in [0.4, 0.5) is 5.82 Å². The first-order valence-corrected chi connectivity index (χ1v) is 5.65. The van der Waals surface area contributed by atoms with Crippen LogP contribution < -0.4 is 5.73 Å².